The summed E-state index contributed by atoms with van der Waals surface area (Å²) in [6.45, 7) is 18.3. The number of carbonyl (C=O) groups is 1. The number of hydrogen-bond donors (Lipinski definition) is 5. The highest BCUT2D eigenvalue weighted by molar-refractivity contribution is 5.73. The number of carbonyl (C=O) groups excluding carboxylic acids is 1. The van der Waals surface area contributed by atoms with Crippen LogP contribution in [0.25, 0.3) is 0 Å². The molecule has 0 bridgehead atoms. The molecule has 18 atom stereocenters. The first-order valence-electron chi connectivity index (χ1n) is 19.2. The third-order valence-corrected chi connectivity index (χ3v) is 12.4. The van der Waals surface area contributed by atoms with Gasteiger partial charge in [0.15, 0.2) is 12.6 Å². The van der Waals surface area contributed by atoms with E-state index in [1.165, 1.54) is 6.92 Å². The number of likely N-dealkylation sites (N-methyl/N-ethyl adjacent to an activating group) is 1. The highest BCUT2D eigenvalue weighted by Crippen LogP contribution is 2.39. The average molecular weight is 748 g/mol. The summed E-state index contributed by atoms with van der Waals surface area (Å²) in [7, 11) is 7.27. The number of hydrogen-bond acceptors (Lipinski definition) is 14. The second kappa shape index (κ2) is 17.8. The van der Waals surface area contributed by atoms with Crippen LogP contribution in [0.4, 0.5) is 0 Å². The Morgan fingerprint density at radius 1 is 1.00 bits per heavy atom. The molecule has 0 aromatic carbocycles. The minimum absolute atomic E-state index is 0.212. The molecule has 0 aromatic rings. The SMILES string of the molecule is CC[C@H]1OC(=O)[C@H](C)[C@@H](O[C@H]2C[C@@](C)(OC)[C@H](N)[C@H](C)O2)[C@H](C)[C@@H](O[C@@H]2O[C@H](C)C[C@H](N(C)C)[C@H]2O)C(C)(O)C[C@@H](C)N(C)C[C@H](C)[C@@H](O)[C@]1(C)O. The van der Waals surface area contributed by atoms with Gasteiger partial charge in [-0.1, -0.05) is 20.8 Å². The van der Waals surface area contributed by atoms with Crippen molar-refractivity contribution in [3.63, 3.8) is 0 Å². The van der Waals surface area contributed by atoms with E-state index < -0.39 is 95.8 Å². The molecule has 3 aliphatic heterocycles. The Bertz CT molecular complexity index is 1150. The Hall–Kier alpha value is -1.01. The molecular weight excluding hydrogens is 674 g/mol. The normalized spacial score (nSPS) is 49.6. The Labute approximate surface area is 312 Å². The maximum absolute atomic E-state index is 14.2. The minimum Gasteiger partial charge on any atom is -0.459 e. The van der Waals surface area contributed by atoms with Gasteiger partial charge in [-0.2, -0.15) is 0 Å². The Morgan fingerprint density at radius 2 is 1.62 bits per heavy atom. The molecule has 1 unspecified atom stereocenters. The molecule has 3 fully saturated rings. The zero-order valence-electron chi connectivity index (χ0n) is 34.3. The van der Waals surface area contributed by atoms with Crippen molar-refractivity contribution in [1.29, 1.82) is 0 Å². The molecule has 14 nitrogen and oxygen atoms in total. The molecule has 0 saturated carbocycles. The number of rotatable bonds is 7. The number of methoxy groups -OCH3 is 1. The van der Waals surface area contributed by atoms with Gasteiger partial charge in [-0.25, -0.2) is 0 Å². The second-order valence-corrected chi connectivity index (χ2v) is 17.2. The van der Waals surface area contributed by atoms with E-state index in [1.54, 1.807) is 27.9 Å². The first kappa shape index (κ1) is 45.4. The molecule has 0 amide bonds. The molecule has 3 aliphatic rings. The number of ether oxygens (including phenoxy) is 6. The van der Waals surface area contributed by atoms with Gasteiger partial charge in [-0.05, 0) is 94.8 Å². The fraction of sp³-hybridized carbons (Fsp3) is 0.974. The van der Waals surface area contributed by atoms with E-state index in [-0.39, 0.29) is 37.5 Å². The quantitative estimate of drug-likeness (QED) is 0.238. The van der Waals surface area contributed by atoms with Crippen LogP contribution in [0, 0.1) is 17.8 Å². The van der Waals surface area contributed by atoms with Crippen LogP contribution in [-0.2, 0) is 33.2 Å². The van der Waals surface area contributed by atoms with Gasteiger partial charge in [0.2, 0.25) is 0 Å². The van der Waals surface area contributed by atoms with Crippen LogP contribution in [-0.4, -0.2) is 161 Å². The van der Waals surface area contributed by atoms with Gasteiger partial charge in [0.05, 0.1) is 53.7 Å². The highest BCUT2D eigenvalue weighted by atomic mass is 16.7. The summed E-state index contributed by atoms with van der Waals surface area (Å²) in [6, 6.07) is -0.938. The van der Waals surface area contributed by atoms with Crippen molar-refractivity contribution in [3.05, 3.63) is 0 Å². The number of nitrogens with zero attached hydrogens (tertiary/aromatic N) is 2. The van der Waals surface area contributed by atoms with E-state index in [0.29, 0.717) is 13.0 Å². The van der Waals surface area contributed by atoms with Crippen molar-refractivity contribution in [2.24, 2.45) is 23.5 Å². The van der Waals surface area contributed by atoms with Crippen molar-refractivity contribution in [3.8, 4) is 0 Å². The summed E-state index contributed by atoms with van der Waals surface area (Å²) in [6.07, 6.45) is -6.65. The molecule has 306 valence electrons. The highest BCUT2D eigenvalue weighted by Gasteiger charge is 2.52. The molecule has 0 spiro atoms. The zero-order chi connectivity index (χ0) is 39.7. The van der Waals surface area contributed by atoms with E-state index in [0.717, 1.165) is 0 Å². The van der Waals surface area contributed by atoms with Gasteiger partial charge in [0.1, 0.15) is 17.8 Å². The average Bonchev–Trinajstić information content (AvgIpc) is 3.06. The third kappa shape index (κ3) is 10.0. The maximum Gasteiger partial charge on any atom is 0.311 e. The van der Waals surface area contributed by atoms with Gasteiger partial charge >= 0.3 is 5.97 Å². The number of nitrogens with two attached hydrogens (primary N) is 1. The van der Waals surface area contributed by atoms with Crippen LogP contribution in [0.3, 0.4) is 0 Å². The predicted molar refractivity (Wildman–Crippen MR) is 196 cm³/mol. The standard InChI is InChI=1S/C38H73N3O11/c1-15-27-38(10,46)32(43)20(2)19-41(13)21(3)17-36(8,45)33(52-35-29(42)26(40(11)12)16-22(4)48-35)23(5)30(24(6)34(44)50-27)51-28-18-37(9,47-14)31(39)25(7)49-28/h20-33,35,42-43,45-46H,15-19,39H2,1-14H3/t20-,21+,22+,23-,24+,25-,26-,27+,28-,29+,30-,31+,32+,33+,35-,36?,37+,38+/m0/s1. The molecule has 6 N–H and O–H groups in total. The maximum atomic E-state index is 14.2. The first-order chi connectivity index (χ1) is 23.9. The monoisotopic (exact) mass is 748 g/mol. The van der Waals surface area contributed by atoms with Crippen LogP contribution < -0.4 is 5.73 Å². The second-order valence-electron chi connectivity index (χ2n) is 17.2. The molecule has 52 heavy (non-hydrogen) atoms. The number of cyclic esters (lactones) is 1. The summed E-state index contributed by atoms with van der Waals surface area (Å²) in [5.41, 5.74) is 2.37. The van der Waals surface area contributed by atoms with E-state index in [4.69, 9.17) is 34.2 Å². The lowest BCUT2D eigenvalue weighted by Gasteiger charge is -2.49. The minimum atomic E-state index is -1.76. The van der Waals surface area contributed by atoms with Crippen molar-refractivity contribution < 1.29 is 53.6 Å². The van der Waals surface area contributed by atoms with Crippen molar-refractivity contribution in [1.82, 2.24) is 9.80 Å². The first-order valence-corrected chi connectivity index (χ1v) is 19.2. The van der Waals surface area contributed by atoms with E-state index in [2.05, 4.69) is 0 Å². The number of esters is 1. The van der Waals surface area contributed by atoms with Gasteiger partial charge in [0.25, 0.3) is 0 Å². The van der Waals surface area contributed by atoms with Crippen LogP contribution >= 0.6 is 0 Å². The van der Waals surface area contributed by atoms with Gasteiger partial charge in [0, 0.05) is 38.1 Å². The third-order valence-electron chi connectivity index (χ3n) is 12.4. The largest absolute Gasteiger partial charge is 0.459 e. The lowest BCUT2D eigenvalue weighted by atomic mass is 9.78. The molecule has 3 heterocycles. The summed E-state index contributed by atoms with van der Waals surface area (Å²) < 4.78 is 37.9. The molecule has 0 aliphatic carbocycles. The topological polar surface area (TPSA) is 186 Å². The fourth-order valence-electron chi connectivity index (χ4n) is 8.68. The fourth-order valence-corrected chi connectivity index (χ4v) is 8.68. The Kier molecular flexibility index (Phi) is 15.6. The lowest BCUT2D eigenvalue weighted by molar-refractivity contribution is -0.311. The van der Waals surface area contributed by atoms with Crippen molar-refractivity contribution in [2.45, 2.75) is 185 Å². The number of aliphatic hydroxyl groups excluding tert-OH is 2. The van der Waals surface area contributed by atoms with Crippen LogP contribution in [0.15, 0.2) is 0 Å². The smallest absolute Gasteiger partial charge is 0.311 e. The molecule has 3 rings (SSSR count). The molecule has 14 heteroatoms. The zero-order valence-corrected chi connectivity index (χ0v) is 34.3. The van der Waals surface area contributed by atoms with Crippen LogP contribution in [0.1, 0.15) is 94.9 Å². The molecule has 0 radical (unpaired) electrons. The van der Waals surface area contributed by atoms with Gasteiger partial charge in [-0.3, -0.25) is 4.79 Å². The summed E-state index contributed by atoms with van der Waals surface area (Å²) >= 11 is 0. The Balaban J connectivity index is 2.18. The van der Waals surface area contributed by atoms with Gasteiger partial charge in [-0.15, -0.1) is 0 Å². The van der Waals surface area contributed by atoms with E-state index in [9.17, 15) is 25.2 Å². The van der Waals surface area contributed by atoms with Gasteiger partial charge < -0.3 is 64.4 Å². The van der Waals surface area contributed by atoms with Crippen LogP contribution in [0.5, 0.6) is 0 Å². The van der Waals surface area contributed by atoms with E-state index >= 15 is 0 Å². The van der Waals surface area contributed by atoms with Crippen molar-refractivity contribution in [2.75, 3.05) is 34.8 Å². The summed E-state index contributed by atoms with van der Waals surface area (Å²) in [5.74, 6) is -2.78. The molecule has 0 aromatic heterocycles. The molecule has 3 saturated heterocycles. The molecular formula is C38H73N3O11. The predicted octanol–water partition coefficient (Wildman–Crippen LogP) is 1.87. The van der Waals surface area contributed by atoms with Crippen molar-refractivity contribution >= 4 is 5.97 Å². The van der Waals surface area contributed by atoms with Crippen LogP contribution in [0.2, 0.25) is 0 Å². The number of aliphatic hydroxyl groups is 4. The Morgan fingerprint density at radius 3 is 2.17 bits per heavy atom. The summed E-state index contributed by atoms with van der Waals surface area (Å²) in [5, 5.41) is 47.2. The van der Waals surface area contributed by atoms with E-state index in [1.807, 2.05) is 72.5 Å². The summed E-state index contributed by atoms with van der Waals surface area (Å²) in [4.78, 5) is 18.2. The lowest BCUT2D eigenvalue weighted by Crippen LogP contribution is -2.62.